The number of fused-ring (bicyclic) bond motifs is 1. The average Bonchev–Trinajstić information content (AvgIpc) is 2.78. The van der Waals surface area contributed by atoms with Crippen LogP contribution in [0.4, 0.5) is 10.1 Å². The summed E-state index contributed by atoms with van der Waals surface area (Å²) in [7, 11) is -2.88. The van der Waals surface area contributed by atoms with Crippen molar-refractivity contribution in [3.63, 3.8) is 0 Å². The van der Waals surface area contributed by atoms with E-state index in [4.69, 9.17) is 4.74 Å². The molecule has 0 radical (unpaired) electrons. The number of hydrogen-bond donors (Lipinski definition) is 1. The first-order valence-corrected chi connectivity index (χ1v) is 11.4. The summed E-state index contributed by atoms with van der Waals surface area (Å²) in [5.74, 6) is -2.29. The van der Waals surface area contributed by atoms with E-state index in [2.05, 4.69) is 5.32 Å². The molecule has 9 heteroatoms. The van der Waals surface area contributed by atoms with Gasteiger partial charge in [0.05, 0.1) is 18.4 Å². The third-order valence-corrected chi connectivity index (χ3v) is 7.12. The number of anilines is 1. The number of carbonyl (C=O) groups excluding carboxylic acids is 2. The molecule has 0 spiro atoms. The van der Waals surface area contributed by atoms with E-state index < -0.39 is 32.6 Å². The predicted molar refractivity (Wildman–Crippen MR) is 120 cm³/mol. The van der Waals surface area contributed by atoms with Gasteiger partial charge in [0.2, 0.25) is 10.0 Å². The lowest BCUT2D eigenvalue weighted by Gasteiger charge is -2.19. The highest BCUT2D eigenvalue weighted by Gasteiger charge is 2.27. The van der Waals surface area contributed by atoms with Crippen LogP contribution in [0.1, 0.15) is 34.6 Å². The standard InChI is InChI=1S/C23H23FN2O5S/c1-4-26(5-2)32(29,30)21-14-17(10-11-19(21)24)22(27)25-20-13-16-9-7-6-8-15(16)12-18(20)23(28)31-3/h6-14H,4-5H2,1-3H3,(H,25,27). The molecule has 0 saturated heterocycles. The number of ether oxygens (including phenoxy) is 1. The molecule has 32 heavy (non-hydrogen) atoms. The van der Waals surface area contributed by atoms with Crippen LogP contribution in [0.3, 0.4) is 0 Å². The molecule has 0 aromatic heterocycles. The Labute approximate surface area is 185 Å². The van der Waals surface area contributed by atoms with Gasteiger partial charge < -0.3 is 10.1 Å². The Kier molecular flexibility index (Phi) is 6.90. The van der Waals surface area contributed by atoms with E-state index in [-0.39, 0.29) is 29.9 Å². The van der Waals surface area contributed by atoms with Crippen LogP contribution in [0.15, 0.2) is 59.5 Å². The summed E-state index contributed by atoms with van der Waals surface area (Å²) in [4.78, 5) is 24.6. The van der Waals surface area contributed by atoms with Crippen LogP contribution in [-0.2, 0) is 14.8 Å². The van der Waals surface area contributed by atoms with Crippen LogP contribution in [-0.4, -0.2) is 44.8 Å². The van der Waals surface area contributed by atoms with E-state index in [1.54, 1.807) is 26.0 Å². The van der Waals surface area contributed by atoms with Crippen LogP contribution < -0.4 is 5.32 Å². The van der Waals surface area contributed by atoms with Gasteiger partial charge >= 0.3 is 5.97 Å². The summed E-state index contributed by atoms with van der Waals surface area (Å²) < 4.78 is 45.8. The number of sulfonamides is 1. The second kappa shape index (κ2) is 9.46. The highest BCUT2D eigenvalue weighted by Crippen LogP contribution is 2.26. The van der Waals surface area contributed by atoms with E-state index in [0.29, 0.717) is 0 Å². The molecule has 0 saturated carbocycles. The van der Waals surface area contributed by atoms with E-state index in [1.807, 2.05) is 24.3 Å². The predicted octanol–water partition coefficient (Wildman–Crippen LogP) is 4.05. The summed E-state index contributed by atoms with van der Waals surface area (Å²) in [5.41, 5.74) is 0.261. The molecular formula is C23H23FN2O5S. The number of rotatable bonds is 7. The second-order valence-electron chi connectivity index (χ2n) is 6.93. The monoisotopic (exact) mass is 458 g/mol. The molecule has 3 aromatic carbocycles. The lowest BCUT2D eigenvalue weighted by atomic mass is 10.0. The number of nitrogens with one attached hydrogen (secondary N) is 1. The summed E-state index contributed by atoms with van der Waals surface area (Å²) in [5, 5.41) is 4.17. The average molecular weight is 459 g/mol. The number of amides is 1. The van der Waals surface area contributed by atoms with E-state index >= 15 is 0 Å². The van der Waals surface area contributed by atoms with Gasteiger partial charge in [-0.1, -0.05) is 38.1 Å². The Morgan fingerprint density at radius 3 is 2.22 bits per heavy atom. The molecule has 3 rings (SSSR count). The van der Waals surface area contributed by atoms with Crippen molar-refractivity contribution in [3.8, 4) is 0 Å². The van der Waals surface area contributed by atoms with E-state index in [0.717, 1.165) is 27.2 Å². The zero-order valence-corrected chi connectivity index (χ0v) is 18.7. The van der Waals surface area contributed by atoms with E-state index in [1.165, 1.54) is 13.2 Å². The minimum absolute atomic E-state index is 0.0684. The fourth-order valence-electron chi connectivity index (χ4n) is 3.36. The Morgan fingerprint density at radius 2 is 1.62 bits per heavy atom. The minimum Gasteiger partial charge on any atom is -0.465 e. The highest BCUT2D eigenvalue weighted by molar-refractivity contribution is 7.89. The topological polar surface area (TPSA) is 92.8 Å². The van der Waals surface area contributed by atoms with Crippen LogP contribution >= 0.6 is 0 Å². The molecule has 168 valence electrons. The van der Waals surface area contributed by atoms with Crippen LogP contribution in [0.5, 0.6) is 0 Å². The molecule has 3 aromatic rings. The van der Waals surface area contributed by atoms with Gasteiger partial charge in [-0.05, 0) is 41.1 Å². The quantitative estimate of drug-likeness (QED) is 0.539. The zero-order valence-electron chi connectivity index (χ0n) is 17.9. The van der Waals surface area contributed by atoms with Gasteiger partial charge in [-0.3, -0.25) is 4.79 Å². The van der Waals surface area contributed by atoms with Crippen LogP contribution in [0.25, 0.3) is 10.8 Å². The fraction of sp³-hybridized carbons (Fsp3) is 0.217. The Bertz CT molecular complexity index is 1290. The van der Waals surface area contributed by atoms with E-state index in [9.17, 15) is 22.4 Å². The van der Waals surface area contributed by atoms with Crippen molar-refractivity contribution in [2.45, 2.75) is 18.7 Å². The van der Waals surface area contributed by atoms with Crippen molar-refractivity contribution in [2.24, 2.45) is 0 Å². The first kappa shape index (κ1) is 23.4. The summed E-state index contributed by atoms with van der Waals surface area (Å²) in [6, 6.07) is 13.6. The first-order valence-electron chi connectivity index (χ1n) is 9.95. The van der Waals surface area contributed by atoms with Crippen molar-refractivity contribution >= 4 is 38.4 Å². The van der Waals surface area contributed by atoms with Crippen molar-refractivity contribution < 1.29 is 27.1 Å². The maximum absolute atomic E-state index is 14.4. The molecular weight excluding hydrogens is 435 g/mol. The lowest BCUT2D eigenvalue weighted by Crippen LogP contribution is -2.31. The number of methoxy groups -OCH3 is 1. The molecule has 0 unspecified atom stereocenters. The van der Waals surface area contributed by atoms with Crippen LogP contribution in [0.2, 0.25) is 0 Å². The Morgan fingerprint density at radius 1 is 1.00 bits per heavy atom. The van der Waals surface area contributed by atoms with Gasteiger partial charge in [0.25, 0.3) is 5.91 Å². The maximum atomic E-state index is 14.4. The SMILES string of the molecule is CCN(CC)S(=O)(=O)c1cc(C(=O)Nc2cc3ccccc3cc2C(=O)OC)ccc1F. The molecule has 0 aliphatic rings. The van der Waals surface area contributed by atoms with Crippen molar-refractivity contribution in [2.75, 3.05) is 25.5 Å². The number of hydrogen-bond acceptors (Lipinski definition) is 5. The maximum Gasteiger partial charge on any atom is 0.339 e. The Hall–Kier alpha value is -3.30. The zero-order chi connectivity index (χ0) is 23.5. The van der Waals surface area contributed by atoms with Gasteiger partial charge in [0.15, 0.2) is 0 Å². The molecule has 0 heterocycles. The third-order valence-electron chi connectivity index (χ3n) is 5.06. The molecule has 0 aliphatic carbocycles. The number of esters is 1. The van der Waals surface area contributed by atoms with Crippen molar-refractivity contribution in [1.29, 1.82) is 0 Å². The number of nitrogens with zero attached hydrogens (tertiary/aromatic N) is 1. The number of halogens is 1. The molecule has 0 fully saturated rings. The molecule has 0 atom stereocenters. The summed E-state index contributed by atoms with van der Waals surface area (Å²) in [6.07, 6.45) is 0. The summed E-state index contributed by atoms with van der Waals surface area (Å²) >= 11 is 0. The smallest absolute Gasteiger partial charge is 0.339 e. The minimum atomic E-state index is -4.11. The summed E-state index contributed by atoms with van der Waals surface area (Å²) in [6.45, 7) is 3.61. The fourth-order valence-corrected chi connectivity index (χ4v) is 4.91. The van der Waals surface area contributed by atoms with Gasteiger partial charge in [-0.15, -0.1) is 0 Å². The highest BCUT2D eigenvalue weighted by atomic mass is 32.2. The van der Waals surface area contributed by atoms with Crippen molar-refractivity contribution in [3.05, 3.63) is 71.5 Å². The van der Waals surface area contributed by atoms with Gasteiger partial charge in [-0.2, -0.15) is 4.31 Å². The molecule has 0 bridgehead atoms. The molecule has 7 nitrogen and oxygen atoms in total. The number of carbonyl (C=O) groups is 2. The lowest BCUT2D eigenvalue weighted by molar-refractivity contribution is 0.0602. The third kappa shape index (κ3) is 4.49. The first-order chi connectivity index (χ1) is 15.2. The van der Waals surface area contributed by atoms with Crippen molar-refractivity contribution in [1.82, 2.24) is 4.31 Å². The van der Waals surface area contributed by atoms with Gasteiger partial charge in [0, 0.05) is 18.7 Å². The molecule has 1 amide bonds. The number of benzene rings is 3. The second-order valence-corrected chi connectivity index (χ2v) is 8.83. The van der Waals surface area contributed by atoms with Crippen LogP contribution in [0, 0.1) is 5.82 Å². The normalized spacial score (nSPS) is 11.5. The largest absolute Gasteiger partial charge is 0.465 e. The molecule has 0 aliphatic heterocycles. The van der Waals surface area contributed by atoms with Gasteiger partial charge in [-0.25, -0.2) is 17.6 Å². The Balaban J connectivity index is 2.03. The molecule has 1 N–H and O–H groups in total. The van der Waals surface area contributed by atoms with Gasteiger partial charge in [0.1, 0.15) is 10.7 Å².